The highest BCUT2D eigenvalue weighted by Gasteiger charge is 2.16. The lowest BCUT2D eigenvalue weighted by molar-refractivity contribution is 0.330. The average molecular weight is 254 g/mol. The first-order chi connectivity index (χ1) is 7.87. The van der Waals surface area contributed by atoms with E-state index in [1.807, 2.05) is 5.51 Å². The van der Waals surface area contributed by atoms with Gasteiger partial charge in [-0.3, -0.25) is 0 Å². The molecule has 0 aromatic carbocycles. The Kier molecular flexibility index (Phi) is 5.60. The minimum absolute atomic E-state index is 0.206. The minimum atomic E-state index is 0.206. The predicted octanol–water partition coefficient (Wildman–Crippen LogP) is 3.74. The van der Waals surface area contributed by atoms with E-state index in [9.17, 15) is 0 Å². The summed E-state index contributed by atoms with van der Waals surface area (Å²) in [4.78, 5) is 4.40. The maximum absolute atomic E-state index is 4.40. The van der Waals surface area contributed by atoms with E-state index in [4.69, 9.17) is 0 Å². The van der Waals surface area contributed by atoms with Crippen molar-refractivity contribution in [2.75, 3.05) is 6.54 Å². The normalized spacial score (nSPS) is 14.2. The monoisotopic (exact) mass is 254 g/mol. The molecule has 0 saturated carbocycles. The third-order valence-corrected chi connectivity index (χ3v) is 3.34. The summed E-state index contributed by atoms with van der Waals surface area (Å²) in [5, 5.41) is 5.79. The fraction of sp³-hybridized carbons (Fsp3) is 0.786. The van der Waals surface area contributed by atoms with Crippen molar-refractivity contribution in [3.8, 4) is 0 Å². The Labute approximate surface area is 110 Å². The van der Waals surface area contributed by atoms with E-state index in [-0.39, 0.29) is 5.54 Å². The summed E-state index contributed by atoms with van der Waals surface area (Å²) in [6.45, 7) is 12.3. The molecular formula is C14H26N2S. The Hall–Kier alpha value is -0.410. The Morgan fingerprint density at radius 3 is 2.53 bits per heavy atom. The van der Waals surface area contributed by atoms with Crippen LogP contribution in [0, 0.1) is 11.8 Å². The van der Waals surface area contributed by atoms with E-state index in [1.165, 1.54) is 12.1 Å². The lowest BCUT2D eigenvalue weighted by Gasteiger charge is -2.26. The zero-order valence-corrected chi connectivity index (χ0v) is 12.6. The van der Waals surface area contributed by atoms with Crippen molar-refractivity contribution in [2.45, 2.75) is 53.0 Å². The zero-order chi connectivity index (χ0) is 12.9. The van der Waals surface area contributed by atoms with Gasteiger partial charge in [-0.25, -0.2) is 4.98 Å². The molecule has 1 aromatic rings. The Morgan fingerprint density at radius 2 is 2.06 bits per heavy atom. The smallest absolute Gasteiger partial charge is 0.0794 e. The number of nitrogens with one attached hydrogen (secondary N) is 1. The molecule has 0 bridgehead atoms. The highest BCUT2D eigenvalue weighted by Crippen LogP contribution is 2.17. The van der Waals surface area contributed by atoms with Crippen LogP contribution in [0.1, 0.15) is 46.7 Å². The number of hydrogen-bond acceptors (Lipinski definition) is 3. The van der Waals surface area contributed by atoms with Gasteiger partial charge in [0.25, 0.3) is 0 Å². The molecule has 0 fully saturated rings. The molecule has 1 N–H and O–H groups in total. The molecular weight excluding hydrogens is 228 g/mol. The average Bonchev–Trinajstić information content (AvgIpc) is 2.65. The molecule has 1 aromatic heterocycles. The second-order valence-electron chi connectivity index (χ2n) is 6.31. The van der Waals surface area contributed by atoms with Gasteiger partial charge in [0.05, 0.1) is 11.2 Å². The zero-order valence-electron chi connectivity index (χ0n) is 11.8. The van der Waals surface area contributed by atoms with Gasteiger partial charge < -0.3 is 5.32 Å². The van der Waals surface area contributed by atoms with E-state index in [0.29, 0.717) is 5.92 Å². The van der Waals surface area contributed by atoms with Crippen molar-refractivity contribution in [1.29, 1.82) is 0 Å². The molecule has 0 aliphatic rings. The lowest BCUT2D eigenvalue weighted by atomic mass is 9.92. The maximum Gasteiger partial charge on any atom is 0.0794 e. The molecule has 0 spiro atoms. The van der Waals surface area contributed by atoms with Crippen LogP contribution in [0.25, 0.3) is 0 Å². The van der Waals surface area contributed by atoms with Crippen molar-refractivity contribution in [1.82, 2.24) is 10.3 Å². The first-order valence-corrected chi connectivity index (χ1v) is 7.43. The Morgan fingerprint density at radius 1 is 1.35 bits per heavy atom. The number of nitrogens with zero attached hydrogens (tertiary/aromatic N) is 1. The SMILES string of the molecule is CC(C)CC(CNC(C)(C)C)Cc1cscn1. The van der Waals surface area contributed by atoms with Crippen LogP contribution in [-0.4, -0.2) is 17.1 Å². The summed E-state index contributed by atoms with van der Waals surface area (Å²) in [5.74, 6) is 1.44. The van der Waals surface area contributed by atoms with E-state index >= 15 is 0 Å². The van der Waals surface area contributed by atoms with Gasteiger partial charge in [-0.05, 0) is 52.0 Å². The van der Waals surface area contributed by atoms with Crippen molar-refractivity contribution in [3.05, 3.63) is 16.6 Å². The van der Waals surface area contributed by atoms with Crippen LogP contribution in [0.2, 0.25) is 0 Å². The van der Waals surface area contributed by atoms with Gasteiger partial charge in [0.1, 0.15) is 0 Å². The molecule has 0 saturated heterocycles. The van der Waals surface area contributed by atoms with E-state index in [1.54, 1.807) is 11.3 Å². The second-order valence-corrected chi connectivity index (χ2v) is 7.03. The number of rotatable bonds is 6. The second kappa shape index (κ2) is 6.50. The molecule has 1 rings (SSSR count). The van der Waals surface area contributed by atoms with E-state index in [2.05, 4.69) is 50.3 Å². The topological polar surface area (TPSA) is 24.9 Å². The minimum Gasteiger partial charge on any atom is -0.312 e. The van der Waals surface area contributed by atoms with E-state index < -0.39 is 0 Å². The third kappa shape index (κ3) is 6.79. The molecule has 98 valence electrons. The molecule has 0 aliphatic heterocycles. The highest BCUT2D eigenvalue weighted by molar-refractivity contribution is 7.07. The van der Waals surface area contributed by atoms with Crippen molar-refractivity contribution >= 4 is 11.3 Å². The van der Waals surface area contributed by atoms with Gasteiger partial charge in [0, 0.05) is 10.9 Å². The Bertz CT molecular complexity index is 299. The van der Waals surface area contributed by atoms with Crippen LogP contribution < -0.4 is 5.32 Å². The van der Waals surface area contributed by atoms with Crippen LogP contribution in [0.5, 0.6) is 0 Å². The number of thiazole rings is 1. The number of hydrogen-bond donors (Lipinski definition) is 1. The van der Waals surface area contributed by atoms with Crippen LogP contribution >= 0.6 is 11.3 Å². The molecule has 2 nitrogen and oxygen atoms in total. The van der Waals surface area contributed by atoms with Crippen LogP contribution in [0.4, 0.5) is 0 Å². The van der Waals surface area contributed by atoms with Crippen LogP contribution in [0.15, 0.2) is 10.9 Å². The standard InChI is InChI=1S/C14H26N2S/c1-11(2)6-12(8-16-14(3,4)5)7-13-9-17-10-15-13/h9-12,16H,6-8H2,1-5H3. The van der Waals surface area contributed by atoms with Gasteiger partial charge in [-0.2, -0.15) is 0 Å². The molecule has 1 atom stereocenters. The van der Waals surface area contributed by atoms with Crippen molar-refractivity contribution < 1.29 is 0 Å². The third-order valence-electron chi connectivity index (χ3n) is 2.71. The Balaban J connectivity index is 2.48. The fourth-order valence-electron chi connectivity index (χ4n) is 1.99. The molecule has 0 aliphatic carbocycles. The van der Waals surface area contributed by atoms with Crippen LogP contribution in [0.3, 0.4) is 0 Å². The summed E-state index contributed by atoms with van der Waals surface area (Å²) < 4.78 is 0. The lowest BCUT2D eigenvalue weighted by Crippen LogP contribution is -2.39. The van der Waals surface area contributed by atoms with Crippen LogP contribution in [-0.2, 0) is 6.42 Å². The van der Waals surface area contributed by atoms with Gasteiger partial charge in [-0.1, -0.05) is 13.8 Å². The fourth-order valence-corrected chi connectivity index (χ4v) is 2.56. The molecule has 3 heteroatoms. The summed E-state index contributed by atoms with van der Waals surface area (Å²) in [5.41, 5.74) is 3.38. The first-order valence-electron chi connectivity index (χ1n) is 6.49. The molecule has 1 unspecified atom stereocenters. The van der Waals surface area contributed by atoms with Gasteiger partial charge in [0.15, 0.2) is 0 Å². The summed E-state index contributed by atoms with van der Waals surface area (Å²) in [6, 6.07) is 0. The summed E-state index contributed by atoms with van der Waals surface area (Å²) in [6.07, 6.45) is 2.37. The quantitative estimate of drug-likeness (QED) is 0.836. The van der Waals surface area contributed by atoms with E-state index in [0.717, 1.165) is 18.9 Å². The number of aromatic nitrogens is 1. The van der Waals surface area contributed by atoms with Gasteiger partial charge in [0.2, 0.25) is 0 Å². The predicted molar refractivity (Wildman–Crippen MR) is 76.5 cm³/mol. The maximum atomic E-state index is 4.40. The van der Waals surface area contributed by atoms with Gasteiger partial charge >= 0.3 is 0 Å². The molecule has 0 radical (unpaired) electrons. The largest absolute Gasteiger partial charge is 0.312 e. The van der Waals surface area contributed by atoms with Crippen molar-refractivity contribution in [2.24, 2.45) is 11.8 Å². The summed E-state index contributed by atoms with van der Waals surface area (Å²) in [7, 11) is 0. The molecule has 1 heterocycles. The highest BCUT2D eigenvalue weighted by atomic mass is 32.1. The summed E-state index contributed by atoms with van der Waals surface area (Å²) >= 11 is 1.69. The first kappa shape index (κ1) is 14.7. The van der Waals surface area contributed by atoms with Gasteiger partial charge in [-0.15, -0.1) is 11.3 Å². The molecule has 0 amide bonds. The van der Waals surface area contributed by atoms with Crippen molar-refractivity contribution in [3.63, 3.8) is 0 Å². The molecule has 17 heavy (non-hydrogen) atoms.